The lowest BCUT2D eigenvalue weighted by Crippen LogP contribution is -2.59. The predicted octanol–water partition coefficient (Wildman–Crippen LogP) is 4.78. The Kier molecular flexibility index (Phi) is 10.0. The first-order chi connectivity index (χ1) is 21.7. The van der Waals surface area contributed by atoms with Gasteiger partial charge in [-0.15, -0.1) is 0 Å². The van der Waals surface area contributed by atoms with Gasteiger partial charge in [-0.2, -0.15) is 8.42 Å². The standard InChI is InChI=1S/C34H30O10S/c1-23-17-19-27(20-18-23)45(38,39)41-22-28-30(43-33(36)25-13-7-3-8-14-25)31(44-34(37)26-15-9-4-10-16-26)29(21-40-28)42-32(35)24-11-5-2-6-12-24/h2-20,28-31H,21-22H2,1H3/t28-,29+,30+,31+/m0/s1. The second kappa shape index (κ2) is 14.3. The van der Waals surface area contributed by atoms with E-state index in [1.165, 1.54) is 36.4 Å². The van der Waals surface area contributed by atoms with Crippen molar-refractivity contribution in [2.24, 2.45) is 0 Å². The number of benzene rings is 4. The molecule has 10 nitrogen and oxygen atoms in total. The summed E-state index contributed by atoms with van der Waals surface area (Å²) in [6.45, 7) is 0.904. The van der Waals surface area contributed by atoms with Crippen molar-refractivity contribution in [3.8, 4) is 0 Å². The molecule has 5 rings (SSSR count). The van der Waals surface area contributed by atoms with Gasteiger partial charge in [0, 0.05) is 0 Å². The van der Waals surface area contributed by atoms with Gasteiger partial charge in [-0.25, -0.2) is 14.4 Å². The van der Waals surface area contributed by atoms with Gasteiger partial charge in [0.05, 0.1) is 34.8 Å². The van der Waals surface area contributed by atoms with Crippen molar-refractivity contribution >= 4 is 28.0 Å². The number of esters is 3. The van der Waals surface area contributed by atoms with Crippen molar-refractivity contribution in [1.29, 1.82) is 0 Å². The number of hydrogen-bond acceptors (Lipinski definition) is 10. The molecule has 232 valence electrons. The largest absolute Gasteiger partial charge is 0.452 e. The Morgan fingerprint density at radius 2 is 1.09 bits per heavy atom. The minimum atomic E-state index is -4.25. The fourth-order valence-corrected chi connectivity index (χ4v) is 5.52. The summed E-state index contributed by atoms with van der Waals surface area (Å²) in [6, 6.07) is 30.4. The average molecular weight is 631 g/mol. The summed E-state index contributed by atoms with van der Waals surface area (Å²) in [7, 11) is -4.25. The molecule has 0 amide bonds. The summed E-state index contributed by atoms with van der Waals surface area (Å²) in [5.74, 6) is -2.31. The van der Waals surface area contributed by atoms with Gasteiger partial charge < -0.3 is 18.9 Å². The highest BCUT2D eigenvalue weighted by Crippen LogP contribution is 2.28. The van der Waals surface area contributed by atoms with E-state index in [0.29, 0.717) is 0 Å². The highest BCUT2D eigenvalue weighted by molar-refractivity contribution is 7.86. The number of carbonyl (C=O) groups is 3. The maximum absolute atomic E-state index is 13.3. The first-order valence-electron chi connectivity index (χ1n) is 14.1. The molecule has 0 radical (unpaired) electrons. The van der Waals surface area contributed by atoms with Crippen molar-refractivity contribution < 1.29 is 45.9 Å². The normalized spacial score (nSPS) is 19.7. The van der Waals surface area contributed by atoms with E-state index in [1.807, 2.05) is 6.92 Å². The van der Waals surface area contributed by atoms with Crippen LogP contribution in [0.5, 0.6) is 0 Å². The van der Waals surface area contributed by atoms with Gasteiger partial charge >= 0.3 is 17.9 Å². The highest BCUT2D eigenvalue weighted by Gasteiger charge is 2.48. The minimum absolute atomic E-state index is 0.0801. The van der Waals surface area contributed by atoms with E-state index >= 15 is 0 Å². The van der Waals surface area contributed by atoms with E-state index in [2.05, 4.69) is 0 Å². The van der Waals surface area contributed by atoms with E-state index in [0.717, 1.165) is 5.56 Å². The molecule has 4 aromatic carbocycles. The molecule has 11 heteroatoms. The smallest absolute Gasteiger partial charge is 0.338 e. The van der Waals surface area contributed by atoms with E-state index in [4.69, 9.17) is 23.1 Å². The molecule has 0 spiro atoms. The third kappa shape index (κ3) is 8.01. The number of ether oxygens (including phenoxy) is 4. The van der Waals surface area contributed by atoms with E-state index in [1.54, 1.807) is 78.9 Å². The topological polar surface area (TPSA) is 132 Å². The Balaban J connectivity index is 1.46. The summed E-state index contributed by atoms with van der Waals surface area (Å²) < 4.78 is 54.7. The van der Waals surface area contributed by atoms with Gasteiger partial charge in [-0.1, -0.05) is 72.3 Å². The SMILES string of the molecule is Cc1ccc(S(=O)(=O)OC[C@@H]2OC[C@@H](OC(=O)c3ccccc3)[C@@H](OC(=O)c3ccccc3)[C@@H]2OC(=O)c2ccccc2)cc1. The molecule has 0 unspecified atom stereocenters. The minimum Gasteiger partial charge on any atom is -0.452 e. The van der Waals surface area contributed by atoms with Crippen molar-refractivity contribution in [2.45, 2.75) is 36.2 Å². The van der Waals surface area contributed by atoms with E-state index < -0.39 is 59.0 Å². The number of carbonyl (C=O) groups excluding carboxylic acids is 3. The zero-order valence-electron chi connectivity index (χ0n) is 24.2. The lowest BCUT2D eigenvalue weighted by Gasteiger charge is -2.40. The molecule has 4 aromatic rings. The van der Waals surface area contributed by atoms with Crippen LogP contribution >= 0.6 is 0 Å². The molecule has 1 aliphatic rings. The summed E-state index contributed by atoms with van der Waals surface area (Å²) in [5, 5.41) is 0. The second-order valence-electron chi connectivity index (χ2n) is 10.2. The average Bonchev–Trinajstić information content (AvgIpc) is 3.07. The summed E-state index contributed by atoms with van der Waals surface area (Å²) >= 11 is 0. The van der Waals surface area contributed by atoms with Crippen molar-refractivity contribution in [3.63, 3.8) is 0 Å². The van der Waals surface area contributed by atoms with Gasteiger partial charge in [-0.05, 0) is 55.5 Å². The maximum Gasteiger partial charge on any atom is 0.338 e. The van der Waals surface area contributed by atoms with Crippen LogP contribution in [0.15, 0.2) is 120 Å². The Hall–Kier alpha value is -4.84. The van der Waals surface area contributed by atoms with Gasteiger partial charge in [0.15, 0.2) is 18.3 Å². The molecule has 0 N–H and O–H groups in total. The Bertz CT molecular complexity index is 1710. The molecule has 4 atom stereocenters. The van der Waals surface area contributed by atoms with Gasteiger partial charge in [0.1, 0.15) is 6.10 Å². The quantitative estimate of drug-likeness (QED) is 0.137. The van der Waals surface area contributed by atoms with E-state index in [9.17, 15) is 22.8 Å². The van der Waals surface area contributed by atoms with Crippen LogP contribution in [0.3, 0.4) is 0 Å². The maximum atomic E-state index is 13.3. The molecular formula is C34H30O10S. The summed E-state index contributed by atoms with van der Waals surface area (Å²) in [6.07, 6.45) is -5.31. The van der Waals surface area contributed by atoms with Crippen LogP contribution in [0.2, 0.25) is 0 Å². The van der Waals surface area contributed by atoms with Crippen LogP contribution in [0.25, 0.3) is 0 Å². The molecule has 0 bridgehead atoms. The fourth-order valence-electron chi connectivity index (χ4n) is 4.60. The van der Waals surface area contributed by atoms with Crippen LogP contribution in [0.4, 0.5) is 0 Å². The first kappa shape index (κ1) is 31.6. The third-order valence-electron chi connectivity index (χ3n) is 7.00. The zero-order chi connectivity index (χ0) is 31.8. The van der Waals surface area contributed by atoms with Crippen LogP contribution in [-0.4, -0.2) is 64.0 Å². The molecule has 0 aromatic heterocycles. The van der Waals surface area contributed by atoms with Crippen LogP contribution in [0.1, 0.15) is 36.6 Å². The zero-order valence-corrected chi connectivity index (χ0v) is 25.0. The summed E-state index contributed by atoms with van der Waals surface area (Å²) in [4.78, 5) is 39.5. The summed E-state index contributed by atoms with van der Waals surface area (Å²) in [5.41, 5.74) is 1.47. The van der Waals surface area contributed by atoms with Crippen LogP contribution < -0.4 is 0 Å². The van der Waals surface area contributed by atoms with E-state index in [-0.39, 0.29) is 28.2 Å². The molecule has 1 heterocycles. The molecule has 1 fully saturated rings. The predicted molar refractivity (Wildman–Crippen MR) is 161 cm³/mol. The van der Waals surface area contributed by atoms with Crippen molar-refractivity contribution in [1.82, 2.24) is 0 Å². The first-order valence-corrected chi connectivity index (χ1v) is 15.5. The Labute approximate surface area is 260 Å². The van der Waals surface area contributed by atoms with Gasteiger partial charge in [0.2, 0.25) is 0 Å². The molecule has 1 saturated heterocycles. The fraction of sp³-hybridized carbons (Fsp3) is 0.206. The lowest BCUT2D eigenvalue weighted by molar-refractivity contribution is -0.195. The Morgan fingerprint density at radius 1 is 0.644 bits per heavy atom. The Morgan fingerprint density at radius 3 is 1.58 bits per heavy atom. The second-order valence-corrected chi connectivity index (χ2v) is 11.8. The van der Waals surface area contributed by atoms with Crippen LogP contribution in [0, 0.1) is 6.92 Å². The third-order valence-corrected chi connectivity index (χ3v) is 8.30. The molecular weight excluding hydrogens is 600 g/mol. The molecule has 0 saturated carbocycles. The number of rotatable bonds is 10. The van der Waals surface area contributed by atoms with Crippen LogP contribution in [-0.2, 0) is 33.2 Å². The number of hydrogen-bond donors (Lipinski definition) is 0. The van der Waals surface area contributed by atoms with Crippen molar-refractivity contribution in [3.05, 3.63) is 138 Å². The monoisotopic (exact) mass is 630 g/mol. The lowest BCUT2D eigenvalue weighted by atomic mass is 9.99. The van der Waals surface area contributed by atoms with Gasteiger partial charge in [-0.3, -0.25) is 4.18 Å². The number of aryl methyl sites for hydroxylation is 1. The molecule has 1 aliphatic heterocycles. The highest BCUT2D eigenvalue weighted by atomic mass is 32.2. The molecule has 0 aliphatic carbocycles. The van der Waals surface area contributed by atoms with Gasteiger partial charge in [0.25, 0.3) is 10.1 Å². The van der Waals surface area contributed by atoms with Crippen molar-refractivity contribution in [2.75, 3.05) is 13.2 Å². The molecule has 45 heavy (non-hydrogen) atoms.